The zero-order chi connectivity index (χ0) is 11.1. The van der Waals surface area contributed by atoms with Crippen molar-refractivity contribution in [1.29, 1.82) is 0 Å². The number of methoxy groups -OCH3 is 1. The Morgan fingerprint density at radius 2 is 2.07 bits per heavy atom. The summed E-state index contributed by atoms with van der Waals surface area (Å²) in [5.41, 5.74) is 7.20. The average Bonchev–Trinajstić information content (AvgIpc) is 2.24. The van der Waals surface area contributed by atoms with Gasteiger partial charge >= 0.3 is 5.97 Å². The van der Waals surface area contributed by atoms with Crippen LogP contribution in [0.15, 0.2) is 12.3 Å². The van der Waals surface area contributed by atoms with E-state index in [0.717, 1.165) is 5.56 Å². The zero-order valence-electron chi connectivity index (χ0n) is 9.00. The lowest BCUT2D eigenvalue weighted by atomic mass is 10.2. The number of carbonyl (C=O) groups is 1. The summed E-state index contributed by atoms with van der Waals surface area (Å²) in [5, 5.41) is 0. The number of nitrogens with zero attached hydrogens (tertiary/aromatic N) is 1. The monoisotopic (exact) mass is 196 g/mol. The Labute approximate surface area is 84.1 Å². The molecule has 0 atom stereocenters. The number of nitrogens with two attached hydrogens (primary N) is 1. The molecule has 1 heterocycles. The number of esters is 1. The van der Waals surface area contributed by atoms with Crippen molar-refractivity contribution < 1.29 is 9.53 Å². The van der Waals surface area contributed by atoms with Gasteiger partial charge < -0.3 is 10.5 Å². The molecule has 0 unspecified atom stereocenters. The number of ether oxygens (including phenoxy) is 1. The van der Waals surface area contributed by atoms with Gasteiger partial charge in [0.1, 0.15) is 5.69 Å². The van der Waals surface area contributed by atoms with Gasteiger partial charge in [0.05, 0.1) is 7.11 Å². The van der Waals surface area contributed by atoms with Crippen LogP contribution in [0.4, 0.5) is 5.69 Å². The summed E-state index contributed by atoms with van der Waals surface area (Å²) >= 11 is 0. The van der Waals surface area contributed by atoms with Crippen molar-refractivity contribution in [2.45, 2.75) is 20.8 Å². The molecule has 0 saturated carbocycles. The van der Waals surface area contributed by atoms with Gasteiger partial charge in [-0.05, 0) is 18.6 Å². The Bertz CT molecular complexity index is 311. The second kappa shape index (κ2) is 5.96. The first kappa shape index (κ1) is 12.4. The maximum absolute atomic E-state index is 10.9. The van der Waals surface area contributed by atoms with Gasteiger partial charge in [0.15, 0.2) is 0 Å². The number of hydrogen-bond donors (Lipinski definition) is 1. The highest BCUT2D eigenvalue weighted by molar-refractivity contribution is 5.88. The molecule has 14 heavy (non-hydrogen) atoms. The van der Waals surface area contributed by atoms with Gasteiger partial charge in [0, 0.05) is 11.9 Å². The normalized spacial score (nSPS) is 8.57. The van der Waals surface area contributed by atoms with E-state index in [0.29, 0.717) is 5.69 Å². The molecule has 4 heteroatoms. The number of nitrogen functional groups attached to an aromatic ring is 1. The number of pyridine rings is 1. The van der Waals surface area contributed by atoms with E-state index in [-0.39, 0.29) is 5.69 Å². The molecular formula is C10H16N2O2. The first-order valence-corrected chi connectivity index (χ1v) is 4.45. The average molecular weight is 196 g/mol. The van der Waals surface area contributed by atoms with Gasteiger partial charge in [-0.1, -0.05) is 13.8 Å². The van der Waals surface area contributed by atoms with E-state index < -0.39 is 5.97 Å². The number of hydrogen-bond acceptors (Lipinski definition) is 4. The third kappa shape index (κ3) is 3.05. The van der Waals surface area contributed by atoms with Crippen molar-refractivity contribution in [3.05, 3.63) is 23.5 Å². The highest BCUT2D eigenvalue weighted by atomic mass is 16.5. The molecule has 1 aromatic rings. The topological polar surface area (TPSA) is 65.2 Å². The number of rotatable bonds is 1. The van der Waals surface area contributed by atoms with Gasteiger partial charge in [0.25, 0.3) is 0 Å². The lowest BCUT2D eigenvalue weighted by molar-refractivity contribution is 0.0594. The third-order valence-corrected chi connectivity index (χ3v) is 1.54. The molecule has 1 aromatic heterocycles. The van der Waals surface area contributed by atoms with Gasteiger partial charge in [-0.3, -0.25) is 0 Å². The molecule has 78 valence electrons. The van der Waals surface area contributed by atoms with E-state index in [2.05, 4.69) is 9.72 Å². The second-order valence-corrected chi connectivity index (χ2v) is 2.42. The maximum atomic E-state index is 10.9. The summed E-state index contributed by atoms with van der Waals surface area (Å²) in [4.78, 5) is 14.8. The highest BCUT2D eigenvalue weighted by Crippen LogP contribution is 2.10. The third-order valence-electron chi connectivity index (χ3n) is 1.54. The quantitative estimate of drug-likeness (QED) is 0.695. The minimum absolute atomic E-state index is 0.237. The van der Waals surface area contributed by atoms with Crippen molar-refractivity contribution in [3.8, 4) is 0 Å². The molecule has 0 aliphatic heterocycles. The number of carbonyl (C=O) groups excluding carboxylic acids is 1. The second-order valence-electron chi connectivity index (χ2n) is 2.42. The molecule has 0 aromatic carbocycles. The van der Waals surface area contributed by atoms with Crippen molar-refractivity contribution in [2.75, 3.05) is 12.8 Å². The van der Waals surface area contributed by atoms with Crippen molar-refractivity contribution in [3.63, 3.8) is 0 Å². The first-order valence-electron chi connectivity index (χ1n) is 4.45. The first-order chi connectivity index (χ1) is 6.65. The smallest absolute Gasteiger partial charge is 0.356 e. The fraction of sp³-hybridized carbons (Fsp3) is 0.400. The van der Waals surface area contributed by atoms with E-state index in [1.165, 1.54) is 13.2 Å². The summed E-state index contributed by atoms with van der Waals surface area (Å²) in [5.74, 6) is -0.471. The largest absolute Gasteiger partial charge is 0.464 e. The Balaban J connectivity index is 0.000000791. The summed E-state index contributed by atoms with van der Waals surface area (Å²) in [6, 6.07) is 1.50. The van der Waals surface area contributed by atoms with E-state index in [1.54, 1.807) is 6.20 Å². The zero-order valence-corrected chi connectivity index (χ0v) is 9.00. The lowest BCUT2D eigenvalue weighted by Crippen LogP contribution is -2.05. The molecule has 0 spiro atoms. The predicted molar refractivity (Wildman–Crippen MR) is 56.1 cm³/mol. The SMILES string of the molecule is CC.COC(=O)c1cc(N)c(C)cn1. The van der Waals surface area contributed by atoms with Crippen LogP contribution in [0.2, 0.25) is 0 Å². The Hall–Kier alpha value is -1.58. The van der Waals surface area contributed by atoms with Gasteiger partial charge in [-0.15, -0.1) is 0 Å². The summed E-state index contributed by atoms with van der Waals surface area (Å²) in [6.45, 7) is 5.82. The number of aromatic nitrogens is 1. The minimum Gasteiger partial charge on any atom is -0.464 e. The number of anilines is 1. The van der Waals surface area contributed by atoms with Gasteiger partial charge in [-0.2, -0.15) is 0 Å². The van der Waals surface area contributed by atoms with E-state index in [1.807, 2.05) is 20.8 Å². The molecular weight excluding hydrogens is 180 g/mol. The van der Waals surface area contributed by atoms with Crippen LogP contribution in [0.3, 0.4) is 0 Å². The van der Waals surface area contributed by atoms with Gasteiger partial charge in [-0.25, -0.2) is 9.78 Å². The molecule has 2 N–H and O–H groups in total. The van der Waals surface area contributed by atoms with Crippen LogP contribution in [0.25, 0.3) is 0 Å². The summed E-state index contributed by atoms with van der Waals surface area (Å²) < 4.78 is 4.47. The Morgan fingerprint density at radius 3 is 2.50 bits per heavy atom. The van der Waals surface area contributed by atoms with Crippen LogP contribution >= 0.6 is 0 Å². The lowest BCUT2D eigenvalue weighted by Gasteiger charge is -2.01. The van der Waals surface area contributed by atoms with Crippen LogP contribution in [0.5, 0.6) is 0 Å². The molecule has 0 fully saturated rings. The van der Waals surface area contributed by atoms with E-state index in [9.17, 15) is 4.79 Å². The molecule has 4 nitrogen and oxygen atoms in total. The summed E-state index contributed by atoms with van der Waals surface area (Å²) in [6.07, 6.45) is 1.54. The van der Waals surface area contributed by atoms with Crippen molar-refractivity contribution in [1.82, 2.24) is 4.98 Å². The summed E-state index contributed by atoms with van der Waals surface area (Å²) in [7, 11) is 1.31. The van der Waals surface area contributed by atoms with Crippen molar-refractivity contribution >= 4 is 11.7 Å². The Kier molecular flexibility index (Phi) is 5.29. The molecule has 0 aliphatic carbocycles. The molecule has 0 bridgehead atoms. The molecule has 1 rings (SSSR count). The predicted octanol–water partition coefficient (Wildman–Crippen LogP) is 1.79. The fourth-order valence-corrected chi connectivity index (χ4v) is 0.755. The van der Waals surface area contributed by atoms with Gasteiger partial charge in [0.2, 0.25) is 0 Å². The minimum atomic E-state index is -0.471. The standard InChI is InChI=1S/C8H10N2O2.C2H6/c1-5-4-10-7(3-6(5)9)8(11)12-2;1-2/h3-4H,1-2H3,(H2,9,10);1-2H3. The van der Waals surface area contributed by atoms with Crippen LogP contribution < -0.4 is 5.73 Å². The van der Waals surface area contributed by atoms with Crippen LogP contribution in [0, 0.1) is 6.92 Å². The van der Waals surface area contributed by atoms with Crippen LogP contribution in [0.1, 0.15) is 29.9 Å². The number of aryl methyl sites for hydroxylation is 1. The molecule has 0 radical (unpaired) electrons. The fourth-order valence-electron chi connectivity index (χ4n) is 0.755. The van der Waals surface area contributed by atoms with Crippen LogP contribution in [-0.2, 0) is 4.74 Å². The molecule has 0 saturated heterocycles. The molecule has 0 aliphatic rings. The van der Waals surface area contributed by atoms with Crippen molar-refractivity contribution in [2.24, 2.45) is 0 Å². The Morgan fingerprint density at radius 1 is 1.50 bits per heavy atom. The molecule has 0 amide bonds. The van der Waals surface area contributed by atoms with E-state index >= 15 is 0 Å². The van der Waals surface area contributed by atoms with E-state index in [4.69, 9.17) is 5.73 Å². The maximum Gasteiger partial charge on any atom is 0.356 e. The highest BCUT2D eigenvalue weighted by Gasteiger charge is 2.07. The van der Waals surface area contributed by atoms with Crippen LogP contribution in [-0.4, -0.2) is 18.1 Å².